The summed E-state index contributed by atoms with van der Waals surface area (Å²) in [5.74, 6) is 0. The first-order chi connectivity index (χ1) is 32.8. The van der Waals surface area contributed by atoms with E-state index in [2.05, 4.69) is 266 Å². The second kappa shape index (κ2) is 15.3. The molecule has 0 saturated carbocycles. The highest BCUT2D eigenvalue weighted by atomic mass is 15.1. The van der Waals surface area contributed by atoms with Crippen molar-refractivity contribution < 1.29 is 0 Å². The Labute approximate surface area is 386 Å². The van der Waals surface area contributed by atoms with Gasteiger partial charge in [-0.05, 0) is 136 Å². The van der Waals surface area contributed by atoms with Crippen molar-refractivity contribution >= 4 is 27.8 Å². The molecule has 1 spiro atoms. The predicted octanol–water partition coefficient (Wildman–Crippen LogP) is 17.3. The van der Waals surface area contributed by atoms with Crippen LogP contribution in [0.5, 0.6) is 0 Å². The highest BCUT2D eigenvalue weighted by Gasteiger charge is 2.51. The molecule has 1 heteroatoms. The lowest BCUT2D eigenvalue weighted by Gasteiger charge is -2.32. The first-order valence-electron chi connectivity index (χ1n) is 22.9. The minimum atomic E-state index is -0.453. The molecule has 0 amide bonds. The summed E-state index contributed by atoms with van der Waals surface area (Å²) in [5.41, 5.74) is 22.9. The largest absolute Gasteiger partial charge is 0.310 e. The molecule has 0 atom stereocenters. The zero-order chi connectivity index (χ0) is 43.6. The van der Waals surface area contributed by atoms with Crippen LogP contribution in [-0.4, -0.2) is 0 Å². The molecule has 0 aliphatic heterocycles. The van der Waals surface area contributed by atoms with Crippen LogP contribution in [0.1, 0.15) is 22.3 Å². The molecular weight excluding hydrogens is 795 g/mol. The Bertz CT molecular complexity index is 3590. The monoisotopic (exact) mass is 837 g/mol. The number of hydrogen-bond acceptors (Lipinski definition) is 1. The van der Waals surface area contributed by atoms with Gasteiger partial charge in [-0.2, -0.15) is 0 Å². The summed E-state index contributed by atoms with van der Waals surface area (Å²) < 4.78 is 0. The standard InChI is InChI=1S/C65H43N/c1-3-20-45(21-4-1)52-27-9-10-31-59(52)64-53(46-22-5-2-6-23-46)32-18-33-54(64)48-25-17-26-49(42-48)66(50-38-37-44-19-7-8-24-47(44)41-50)51-39-40-58-57-30-13-16-36-62(57)65(63(58)43-51)60-34-14-11-28-55(60)56-29-12-15-35-61(56)65/h1-43H. The fourth-order valence-corrected chi connectivity index (χ4v) is 11.3. The van der Waals surface area contributed by atoms with Gasteiger partial charge in [-0.15, -0.1) is 0 Å². The van der Waals surface area contributed by atoms with Crippen molar-refractivity contribution in [3.8, 4) is 66.8 Å². The predicted molar refractivity (Wildman–Crippen MR) is 277 cm³/mol. The second-order valence-electron chi connectivity index (χ2n) is 17.5. The molecule has 0 unspecified atom stereocenters. The van der Waals surface area contributed by atoms with Crippen LogP contribution in [0, 0.1) is 0 Å². The summed E-state index contributed by atoms with van der Waals surface area (Å²) in [6, 6.07) is 96.4. The Morgan fingerprint density at radius 3 is 1.30 bits per heavy atom. The third-order valence-electron chi connectivity index (χ3n) is 14.1. The van der Waals surface area contributed by atoms with E-state index in [1.165, 1.54) is 94.2 Å². The second-order valence-corrected chi connectivity index (χ2v) is 17.5. The van der Waals surface area contributed by atoms with Crippen LogP contribution in [0.25, 0.3) is 77.5 Å². The summed E-state index contributed by atoms with van der Waals surface area (Å²) in [5, 5.41) is 2.42. The van der Waals surface area contributed by atoms with Gasteiger partial charge in [0.15, 0.2) is 0 Å². The first-order valence-corrected chi connectivity index (χ1v) is 22.9. The molecule has 2 aliphatic rings. The molecule has 11 aromatic rings. The fourth-order valence-electron chi connectivity index (χ4n) is 11.3. The summed E-state index contributed by atoms with van der Waals surface area (Å²) >= 11 is 0. The van der Waals surface area contributed by atoms with E-state index in [4.69, 9.17) is 0 Å². The number of rotatable bonds is 7. The van der Waals surface area contributed by atoms with Gasteiger partial charge in [0, 0.05) is 17.1 Å². The Hall–Kier alpha value is -8.52. The van der Waals surface area contributed by atoms with Crippen LogP contribution >= 0.6 is 0 Å². The van der Waals surface area contributed by atoms with Crippen molar-refractivity contribution in [3.05, 3.63) is 283 Å². The minimum Gasteiger partial charge on any atom is -0.310 e. The molecule has 66 heavy (non-hydrogen) atoms. The molecule has 0 aromatic heterocycles. The summed E-state index contributed by atoms with van der Waals surface area (Å²) in [7, 11) is 0. The van der Waals surface area contributed by atoms with Crippen molar-refractivity contribution in [2.24, 2.45) is 0 Å². The van der Waals surface area contributed by atoms with Crippen molar-refractivity contribution in [1.82, 2.24) is 0 Å². The van der Waals surface area contributed by atoms with Gasteiger partial charge < -0.3 is 4.90 Å². The van der Waals surface area contributed by atoms with Crippen LogP contribution in [0.15, 0.2) is 261 Å². The lowest BCUT2D eigenvalue weighted by molar-refractivity contribution is 0.793. The number of fused-ring (bicyclic) bond motifs is 11. The molecule has 308 valence electrons. The van der Waals surface area contributed by atoms with Gasteiger partial charge in [-0.3, -0.25) is 0 Å². The fraction of sp³-hybridized carbons (Fsp3) is 0.0154. The number of anilines is 3. The molecule has 13 rings (SSSR count). The van der Waals surface area contributed by atoms with Crippen molar-refractivity contribution in [2.75, 3.05) is 4.90 Å². The third kappa shape index (κ3) is 5.80. The van der Waals surface area contributed by atoms with E-state index in [0.717, 1.165) is 22.6 Å². The Balaban J connectivity index is 1.05. The topological polar surface area (TPSA) is 3.24 Å². The summed E-state index contributed by atoms with van der Waals surface area (Å²) in [6.07, 6.45) is 0. The van der Waals surface area contributed by atoms with Crippen LogP contribution in [0.2, 0.25) is 0 Å². The van der Waals surface area contributed by atoms with E-state index < -0.39 is 5.41 Å². The zero-order valence-electron chi connectivity index (χ0n) is 36.3. The molecule has 0 heterocycles. The van der Waals surface area contributed by atoms with Gasteiger partial charge in [-0.25, -0.2) is 0 Å². The molecule has 0 saturated heterocycles. The number of hydrogen-bond donors (Lipinski definition) is 0. The summed E-state index contributed by atoms with van der Waals surface area (Å²) in [6.45, 7) is 0. The normalized spacial score (nSPS) is 12.7. The smallest absolute Gasteiger partial charge is 0.0726 e. The minimum absolute atomic E-state index is 0.453. The SMILES string of the molecule is c1ccc(-c2ccccc2-c2c(-c3ccccc3)cccc2-c2cccc(N(c3ccc4c(c3)C3(c5ccccc5-c5ccccc53)c3ccccc3-4)c3ccc4ccccc4c3)c2)cc1. The number of nitrogens with zero attached hydrogens (tertiary/aromatic N) is 1. The molecule has 11 aromatic carbocycles. The zero-order valence-corrected chi connectivity index (χ0v) is 36.3. The molecule has 1 nitrogen and oxygen atoms in total. The van der Waals surface area contributed by atoms with Gasteiger partial charge in [-0.1, -0.05) is 224 Å². The van der Waals surface area contributed by atoms with Crippen molar-refractivity contribution in [1.29, 1.82) is 0 Å². The van der Waals surface area contributed by atoms with Crippen LogP contribution in [0.3, 0.4) is 0 Å². The van der Waals surface area contributed by atoms with Gasteiger partial charge in [0.1, 0.15) is 0 Å². The first kappa shape index (κ1) is 38.0. The molecular formula is C65H43N. The van der Waals surface area contributed by atoms with E-state index >= 15 is 0 Å². The Kier molecular flexibility index (Phi) is 8.82. The molecule has 2 aliphatic carbocycles. The van der Waals surface area contributed by atoms with Crippen molar-refractivity contribution in [2.45, 2.75) is 5.41 Å². The molecule has 0 bridgehead atoms. The Morgan fingerprint density at radius 1 is 0.227 bits per heavy atom. The van der Waals surface area contributed by atoms with Crippen LogP contribution in [0.4, 0.5) is 17.1 Å². The highest BCUT2D eigenvalue weighted by molar-refractivity contribution is 6.01. The van der Waals surface area contributed by atoms with E-state index in [9.17, 15) is 0 Å². The van der Waals surface area contributed by atoms with Crippen LogP contribution in [-0.2, 0) is 5.41 Å². The van der Waals surface area contributed by atoms with Gasteiger partial charge in [0.25, 0.3) is 0 Å². The maximum Gasteiger partial charge on any atom is 0.0726 e. The van der Waals surface area contributed by atoms with E-state index in [1.807, 2.05) is 0 Å². The van der Waals surface area contributed by atoms with Crippen molar-refractivity contribution in [3.63, 3.8) is 0 Å². The van der Waals surface area contributed by atoms with Gasteiger partial charge in [0.05, 0.1) is 5.41 Å². The highest BCUT2D eigenvalue weighted by Crippen LogP contribution is 2.63. The van der Waals surface area contributed by atoms with E-state index in [-0.39, 0.29) is 0 Å². The lowest BCUT2D eigenvalue weighted by atomic mass is 9.70. The summed E-state index contributed by atoms with van der Waals surface area (Å²) in [4.78, 5) is 2.47. The number of benzene rings is 11. The molecule has 0 fully saturated rings. The molecule has 0 N–H and O–H groups in total. The lowest BCUT2D eigenvalue weighted by Crippen LogP contribution is -2.26. The van der Waals surface area contributed by atoms with Gasteiger partial charge >= 0.3 is 0 Å². The average Bonchev–Trinajstić information content (AvgIpc) is 3.86. The maximum atomic E-state index is 2.49. The van der Waals surface area contributed by atoms with E-state index in [1.54, 1.807) is 0 Å². The third-order valence-corrected chi connectivity index (χ3v) is 14.1. The Morgan fingerprint density at radius 2 is 0.652 bits per heavy atom. The molecule has 0 radical (unpaired) electrons. The van der Waals surface area contributed by atoms with Crippen LogP contribution < -0.4 is 4.90 Å². The maximum absolute atomic E-state index is 2.49. The van der Waals surface area contributed by atoms with E-state index in [0.29, 0.717) is 0 Å². The van der Waals surface area contributed by atoms with Gasteiger partial charge in [0.2, 0.25) is 0 Å². The quantitative estimate of drug-likeness (QED) is 0.155. The average molecular weight is 838 g/mol.